The van der Waals surface area contributed by atoms with Crippen molar-refractivity contribution in [2.24, 2.45) is 0 Å². The summed E-state index contributed by atoms with van der Waals surface area (Å²) >= 11 is 0. The van der Waals surface area contributed by atoms with Crippen LogP contribution in [0.4, 0.5) is 10.1 Å². The van der Waals surface area contributed by atoms with Crippen molar-refractivity contribution < 1.29 is 27.1 Å². The molecule has 1 atom stereocenters. The Bertz CT molecular complexity index is 1040. The molecule has 172 valence electrons. The van der Waals surface area contributed by atoms with Gasteiger partial charge in [-0.15, -0.1) is 0 Å². The number of halogens is 1. The third-order valence-electron chi connectivity index (χ3n) is 6.11. The van der Waals surface area contributed by atoms with Crippen LogP contribution in [-0.4, -0.2) is 64.6 Å². The summed E-state index contributed by atoms with van der Waals surface area (Å²) in [6.45, 7) is 2.01. The number of anilines is 1. The number of hydrogen-bond acceptors (Lipinski definition) is 6. The lowest BCUT2D eigenvalue weighted by Gasteiger charge is -2.42. The highest BCUT2D eigenvalue weighted by atomic mass is 32.2. The lowest BCUT2D eigenvalue weighted by atomic mass is 9.99. The van der Waals surface area contributed by atoms with Crippen molar-refractivity contribution in [3.8, 4) is 5.75 Å². The second-order valence-corrected chi connectivity index (χ2v) is 9.84. The van der Waals surface area contributed by atoms with E-state index in [0.717, 1.165) is 0 Å². The molecule has 0 spiro atoms. The number of benzene rings is 2. The molecule has 0 amide bonds. The molecule has 2 aromatic rings. The highest BCUT2D eigenvalue weighted by Gasteiger charge is 2.37. The first-order valence-corrected chi connectivity index (χ1v) is 12.1. The zero-order valence-electron chi connectivity index (χ0n) is 17.9. The van der Waals surface area contributed by atoms with Gasteiger partial charge in [0.1, 0.15) is 11.6 Å². The molecule has 2 aliphatic rings. The van der Waals surface area contributed by atoms with Gasteiger partial charge < -0.3 is 9.47 Å². The van der Waals surface area contributed by atoms with Gasteiger partial charge in [-0.05, 0) is 61.4 Å². The fourth-order valence-corrected chi connectivity index (χ4v) is 6.07. The van der Waals surface area contributed by atoms with Crippen LogP contribution in [0.25, 0.3) is 0 Å². The van der Waals surface area contributed by atoms with Crippen LogP contribution in [0.1, 0.15) is 19.3 Å². The van der Waals surface area contributed by atoms with Gasteiger partial charge in [0.25, 0.3) is 10.0 Å². The molecule has 2 heterocycles. The van der Waals surface area contributed by atoms with Crippen LogP contribution in [-0.2, 0) is 19.6 Å². The van der Waals surface area contributed by atoms with E-state index < -0.39 is 15.8 Å². The Morgan fingerprint density at radius 1 is 1.06 bits per heavy atom. The lowest BCUT2D eigenvalue weighted by Crippen LogP contribution is -2.54. The van der Waals surface area contributed by atoms with E-state index in [0.29, 0.717) is 57.0 Å². The summed E-state index contributed by atoms with van der Waals surface area (Å²) in [5.74, 6) is 0.307. The highest BCUT2D eigenvalue weighted by molar-refractivity contribution is 7.92. The molecular weight excluding hydrogens is 435 g/mol. The van der Waals surface area contributed by atoms with Crippen molar-refractivity contribution in [1.82, 2.24) is 4.90 Å². The van der Waals surface area contributed by atoms with Crippen molar-refractivity contribution in [3.05, 3.63) is 54.3 Å². The molecule has 2 fully saturated rings. The standard InChI is InChI=1S/C23H27FN2O5S/c1-30-20-6-8-21(9-7-20)32(28,29)26(18-4-2-17(24)3-5-18)19-10-13-25(14-11-19)22-16-31-15-12-23(22)27/h2-9,19,22H,10-16H2,1H3. The van der Waals surface area contributed by atoms with Crippen molar-refractivity contribution in [2.75, 3.05) is 37.7 Å². The van der Waals surface area contributed by atoms with E-state index in [-0.39, 0.29) is 22.8 Å². The number of piperidine rings is 1. The second-order valence-electron chi connectivity index (χ2n) is 8.03. The SMILES string of the molecule is COc1ccc(S(=O)(=O)N(c2ccc(F)cc2)C2CCN(C3COCCC3=O)CC2)cc1. The maximum absolute atomic E-state index is 13.7. The van der Waals surface area contributed by atoms with E-state index in [1.165, 1.54) is 47.8 Å². The summed E-state index contributed by atoms with van der Waals surface area (Å²) in [6, 6.07) is 11.2. The number of carbonyl (C=O) groups excluding carboxylic acids is 1. The quantitative estimate of drug-likeness (QED) is 0.657. The van der Waals surface area contributed by atoms with Gasteiger partial charge in [-0.1, -0.05) is 0 Å². The summed E-state index contributed by atoms with van der Waals surface area (Å²) < 4.78 is 52.9. The first-order chi connectivity index (χ1) is 15.4. The largest absolute Gasteiger partial charge is 0.497 e. The first-order valence-electron chi connectivity index (χ1n) is 10.7. The predicted octanol–water partition coefficient (Wildman–Crippen LogP) is 2.85. The van der Waals surface area contributed by atoms with Gasteiger partial charge in [0.15, 0.2) is 5.78 Å². The number of sulfonamides is 1. The van der Waals surface area contributed by atoms with Crippen LogP contribution in [0, 0.1) is 5.82 Å². The van der Waals surface area contributed by atoms with Gasteiger partial charge >= 0.3 is 0 Å². The predicted molar refractivity (Wildman–Crippen MR) is 118 cm³/mol. The minimum Gasteiger partial charge on any atom is -0.497 e. The number of rotatable bonds is 6. The summed E-state index contributed by atoms with van der Waals surface area (Å²) in [5.41, 5.74) is 0.415. The van der Waals surface area contributed by atoms with Crippen LogP contribution < -0.4 is 9.04 Å². The average molecular weight is 463 g/mol. The molecule has 0 aromatic heterocycles. The smallest absolute Gasteiger partial charge is 0.264 e. The molecule has 7 nitrogen and oxygen atoms in total. The topological polar surface area (TPSA) is 76.2 Å². The summed E-state index contributed by atoms with van der Waals surface area (Å²) in [4.78, 5) is 14.5. The van der Waals surface area contributed by atoms with Crippen molar-refractivity contribution >= 4 is 21.5 Å². The van der Waals surface area contributed by atoms with Gasteiger partial charge in [0, 0.05) is 25.6 Å². The Morgan fingerprint density at radius 3 is 2.31 bits per heavy atom. The molecule has 32 heavy (non-hydrogen) atoms. The summed E-state index contributed by atoms with van der Waals surface area (Å²) in [7, 11) is -2.38. The van der Waals surface area contributed by atoms with Crippen LogP contribution in [0.5, 0.6) is 5.75 Å². The minimum atomic E-state index is -3.90. The molecule has 0 radical (unpaired) electrons. The van der Waals surface area contributed by atoms with E-state index >= 15 is 0 Å². The molecule has 0 aliphatic carbocycles. The van der Waals surface area contributed by atoms with Crippen molar-refractivity contribution in [1.29, 1.82) is 0 Å². The van der Waals surface area contributed by atoms with Gasteiger partial charge in [-0.25, -0.2) is 12.8 Å². The molecule has 2 saturated heterocycles. The lowest BCUT2D eigenvalue weighted by molar-refractivity contribution is -0.133. The molecule has 2 aromatic carbocycles. The maximum atomic E-state index is 13.7. The normalized spacial score (nSPS) is 20.8. The highest BCUT2D eigenvalue weighted by Crippen LogP contribution is 2.32. The van der Waals surface area contributed by atoms with E-state index in [4.69, 9.17) is 9.47 Å². The Balaban J connectivity index is 1.60. The second kappa shape index (κ2) is 9.56. The summed E-state index contributed by atoms with van der Waals surface area (Å²) in [6.07, 6.45) is 1.52. The Kier molecular flexibility index (Phi) is 6.78. The fraction of sp³-hybridized carbons (Fsp3) is 0.435. The number of methoxy groups -OCH3 is 1. The van der Waals surface area contributed by atoms with Crippen LogP contribution in [0.15, 0.2) is 53.4 Å². The fourth-order valence-electron chi connectivity index (χ4n) is 4.36. The van der Waals surface area contributed by atoms with E-state index in [1.807, 2.05) is 0 Å². The molecule has 0 saturated carbocycles. The molecule has 2 aliphatic heterocycles. The third kappa shape index (κ3) is 4.65. The Labute approximate surface area is 187 Å². The van der Waals surface area contributed by atoms with E-state index in [1.54, 1.807) is 12.1 Å². The molecule has 1 unspecified atom stereocenters. The Morgan fingerprint density at radius 2 is 1.72 bits per heavy atom. The number of hydrogen-bond donors (Lipinski definition) is 0. The minimum absolute atomic E-state index is 0.140. The van der Waals surface area contributed by atoms with Crippen molar-refractivity contribution in [2.45, 2.75) is 36.2 Å². The van der Waals surface area contributed by atoms with Gasteiger partial charge in [-0.3, -0.25) is 14.0 Å². The molecule has 4 rings (SSSR count). The maximum Gasteiger partial charge on any atom is 0.264 e. The van der Waals surface area contributed by atoms with Crippen LogP contribution in [0.2, 0.25) is 0 Å². The average Bonchev–Trinajstić information content (AvgIpc) is 2.81. The zero-order valence-corrected chi connectivity index (χ0v) is 18.8. The summed E-state index contributed by atoms with van der Waals surface area (Å²) in [5, 5.41) is 0. The number of ketones is 1. The third-order valence-corrected chi connectivity index (χ3v) is 8.00. The van der Waals surface area contributed by atoms with E-state index in [2.05, 4.69) is 4.90 Å². The molecule has 9 heteroatoms. The monoisotopic (exact) mass is 462 g/mol. The van der Waals surface area contributed by atoms with E-state index in [9.17, 15) is 17.6 Å². The van der Waals surface area contributed by atoms with Crippen LogP contribution in [0.3, 0.4) is 0 Å². The molecule has 0 bridgehead atoms. The van der Waals surface area contributed by atoms with Gasteiger partial charge in [-0.2, -0.15) is 0 Å². The first kappa shape index (κ1) is 22.7. The molecular formula is C23H27FN2O5S. The number of Topliss-reactive ketones (excluding diaryl/α,β-unsaturated/α-hetero) is 1. The zero-order chi connectivity index (χ0) is 22.7. The van der Waals surface area contributed by atoms with Crippen molar-refractivity contribution in [3.63, 3.8) is 0 Å². The Hall–Kier alpha value is -2.49. The number of ether oxygens (including phenoxy) is 2. The van der Waals surface area contributed by atoms with Gasteiger partial charge in [0.05, 0.1) is 36.9 Å². The van der Waals surface area contributed by atoms with Gasteiger partial charge in [0.2, 0.25) is 0 Å². The van der Waals surface area contributed by atoms with Crippen LogP contribution >= 0.6 is 0 Å². The number of nitrogens with zero attached hydrogens (tertiary/aromatic N) is 2. The molecule has 0 N–H and O–H groups in total. The number of carbonyl (C=O) groups is 1. The number of likely N-dealkylation sites (tertiary alicyclic amines) is 1.